The number of amides is 1. The number of rotatable bonds is 4. The lowest BCUT2D eigenvalue weighted by Gasteiger charge is -2.23. The van der Waals surface area contributed by atoms with E-state index in [1.54, 1.807) is 0 Å². The summed E-state index contributed by atoms with van der Waals surface area (Å²) in [6, 6.07) is 11.5. The van der Waals surface area contributed by atoms with Gasteiger partial charge in [-0.15, -0.1) is 0 Å². The van der Waals surface area contributed by atoms with E-state index in [2.05, 4.69) is 10.4 Å². The predicted octanol–water partition coefficient (Wildman–Crippen LogP) is 4.20. The van der Waals surface area contributed by atoms with Crippen LogP contribution in [-0.2, 0) is 27.8 Å². The normalized spacial score (nSPS) is 16.1. The van der Waals surface area contributed by atoms with Gasteiger partial charge in [0.15, 0.2) is 0 Å². The average molecular weight is 412 g/mol. The number of carbonyl (C=O) groups excluding carboxylic acids is 1. The van der Waals surface area contributed by atoms with Crippen molar-refractivity contribution < 1.29 is 13.7 Å². The number of nitrogens with zero attached hydrogens (tertiary/aromatic N) is 2. The van der Waals surface area contributed by atoms with Crippen LogP contribution in [0.1, 0.15) is 49.3 Å². The van der Waals surface area contributed by atoms with Crippen molar-refractivity contribution in [1.82, 2.24) is 9.78 Å². The van der Waals surface area contributed by atoms with Gasteiger partial charge in [-0.05, 0) is 44.5 Å². The Balaban J connectivity index is 1.82. The highest BCUT2D eigenvalue weighted by Gasteiger charge is 2.32. The lowest BCUT2D eigenvalue weighted by Crippen LogP contribution is -2.27. The second-order valence-corrected chi connectivity index (χ2v) is 9.59. The van der Waals surface area contributed by atoms with Crippen LogP contribution in [0.25, 0.3) is 10.8 Å². The smallest absolute Gasteiger partial charge is 0.261 e. The molecule has 0 aliphatic carbocycles. The number of ether oxygens (including phenoxy) is 1. The third kappa shape index (κ3) is 3.55. The van der Waals surface area contributed by atoms with Gasteiger partial charge >= 0.3 is 0 Å². The molecule has 0 bridgehead atoms. The first kappa shape index (κ1) is 19.6. The van der Waals surface area contributed by atoms with E-state index in [1.807, 2.05) is 68.8 Å². The Bertz CT molecular complexity index is 1130. The Hall–Kier alpha value is -2.67. The van der Waals surface area contributed by atoms with Gasteiger partial charge in [0.05, 0.1) is 34.9 Å². The summed E-state index contributed by atoms with van der Waals surface area (Å²) in [4.78, 5) is 13.5. The van der Waals surface area contributed by atoms with E-state index in [-0.39, 0.29) is 11.4 Å². The van der Waals surface area contributed by atoms with Gasteiger partial charge in [0.25, 0.3) is 5.91 Å². The van der Waals surface area contributed by atoms with Crippen molar-refractivity contribution in [2.75, 3.05) is 11.9 Å². The zero-order valence-electron chi connectivity index (χ0n) is 17.1. The first-order chi connectivity index (χ1) is 13.8. The molecule has 1 atom stereocenters. The Morgan fingerprint density at radius 1 is 1.21 bits per heavy atom. The number of carbonyl (C=O) groups is 1. The number of aromatic nitrogens is 2. The predicted molar refractivity (Wildman–Crippen MR) is 116 cm³/mol. The molecule has 2 heterocycles. The van der Waals surface area contributed by atoms with Crippen molar-refractivity contribution in [3.8, 4) is 5.75 Å². The quantitative estimate of drug-likeness (QED) is 0.698. The molecule has 7 heteroatoms. The van der Waals surface area contributed by atoms with E-state index >= 15 is 0 Å². The standard InChI is InChI=1S/C22H25N3O3S/c1-5-28-18-11-10-14-8-6-7-9-15(14)19(18)21(26)23-20-16-12-29(27)13-17(16)24-25(20)22(2,3)4/h6-11H,5,12-13H2,1-4H3,(H,23,26)/t29-/m0/s1. The summed E-state index contributed by atoms with van der Waals surface area (Å²) < 4.78 is 19.7. The molecule has 29 heavy (non-hydrogen) atoms. The summed E-state index contributed by atoms with van der Waals surface area (Å²) in [5.41, 5.74) is 1.84. The molecule has 0 radical (unpaired) electrons. The summed E-state index contributed by atoms with van der Waals surface area (Å²) in [5.74, 6) is 1.76. The van der Waals surface area contributed by atoms with Crippen molar-refractivity contribution in [3.63, 3.8) is 0 Å². The second-order valence-electron chi connectivity index (χ2n) is 8.13. The van der Waals surface area contributed by atoms with Crippen LogP contribution in [0.3, 0.4) is 0 Å². The van der Waals surface area contributed by atoms with E-state index in [9.17, 15) is 9.00 Å². The molecule has 1 aliphatic heterocycles. The number of hydrogen-bond acceptors (Lipinski definition) is 4. The lowest BCUT2D eigenvalue weighted by molar-refractivity contribution is 0.102. The molecule has 1 amide bonds. The maximum Gasteiger partial charge on any atom is 0.261 e. The summed E-state index contributed by atoms with van der Waals surface area (Å²) >= 11 is 0. The monoisotopic (exact) mass is 411 g/mol. The molecule has 1 N–H and O–H groups in total. The van der Waals surface area contributed by atoms with Gasteiger partial charge in [-0.25, -0.2) is 4.68 Å². The van der Waals surface area contributed by atoms with Crippen LogP contribution in [-0.4, -0.2) is 26.5 Å². The Morgan fingerprint density at radius 3 is 2.69 bits per heavy atom. The molecule has 0 spiro atoms. The minimum absolute atomic E-state index is 0.254. The van der Waals surface area contributed by atoms with E-state index in [0.717, 1.165) is 22.0 Å². The molecular weight excluding hydrogens is 386 g/mol. The topological polar surface area (TPSA) is 73.2 Å². The molecule has 0 saturated carbocycles. The molecule has 2 aromatic carbocycles. The molecule has 1 aliphatic rings. The number of fused-ring (bicyclic) bond motifs is 2. The van der Waals surface area contributed by atoms with Crippen LogP contribution in [0.4, 0.5) is 5.82 Å². The third-order valence-corrected chi connectivity index (χ3v) is 6.16. The molecule has 0 unspecified atom stereocenters. The highest BCUT2D eigenvalue weighted by molar-refractivity contribution is 7.83. The minimum atomic E-state index is -0.974. The number of nitrogens with one attached hydrogen (secondary N) is 1. The van der Waals surface area contributed by atoms with Gasteiger partial charge in [-0.1, -0.05) is 30.3 Å². The second kappa shape index (κ2) is 7.30. The number of benzene rings is 2. The lowest BCUT2D eigenvalue weighted by atomic mass is 10.0. The molecule has 0 fully saturated rings. The van der Waals surface area contributed by atoms with Gasteiger partial charge in [0.2, 0.25) is 0 Å². The highest BCUT2D eigenvalue weighted by Crippen LogP contribution is 2.35. The van der Waals surface area contributed by atoms with Crippen molar-refractivity contribution in [3.05, 3.63) is 53.2 Å². The largest absolute Gasteiger partial charge is 0.493 e. The van der Waals surface area contributed by atoms with Crippen LogP contribution in [0.2, 0.25) is 0 Å². The maximum absolute atomic E-state index is 13.5. The van der Waals surface area contributed by atoms with Crippen molar-refractivity contribution >= 4 is 33.3 Å². The first-order valence-electron chi connectivity index (χ1n) is 9.71. The summed E-state index contributed by atoms with van der Waals surface area (Å²) in [6.45, 7) is 8.46. The van der Waals surface area contributed by atoms with Crippen LogP contribution in [0.15, 0.2) is 36.4 Å². The molecule has 0 saturated heterocycles. The number of anilines is 1. The summed E-state index contributed by atoms with van der Waals surface area (Å²) in [6.07, 6.45) is 0. The van der Waals surface area contributed by atoms with Gasteiger partial charge in [0.1, 0.15) is 11.6 Å². The zero-order chi connectivity index (χ0) is 20.8. The zero-order valence-corrected chi connectivity index (χ0v) is 17.9. The van der Waals surface area contributed by atoms with Crippen LogP contribution >= 0.6 is 0 Å². The Morgan fingerprint density at radius 2 is 1.97 bits per heavy atom. The molecule has 152 valence electrons. The molecule has 4 rings (SSSR count). The van der Waals surface area contributed by atoms with Crippen molar-refractivity contribution in [2.45, 2.75) is 44.7 Å². The van der Waals surface area contributed by atoms with Crippen LogP contribution in [0, 0.1) is 0 Å². The fourth-order valence-corrected chi connectivity index (χ4v) is 4.94. The number of hydrogen-bond donors (Lipinski definition) is 1. The van der Waals surface area contributed by atoms with E-state index < -0.39 is 10.8 Å². The maximum atomic E-state index is 13.5. The summed E-state index contributed by atoms with van der Waals surface area (Å²) in [5, 5.41) is 9.53. The van der Waals surface area contributed by atoms with Gasteiger partial charge in [-0.2, -0.15) is 5.10 Å². The molecule has 3 aromatic rings. The average Bonchev–Trinajstić information content (AvgIpc) is 3.18. The minimum Gasteiger partial charge on any atom is -0.493 e. The fourth-order valence-electron chi connectivity index (χ4n) is 3.67. The van der Waals surface area contributed by atoms with E-state index in [4.69, 9.17) is 4.74 Å². The molecule has 6 nitrogen and oxygen atoms in total. The Labute approximate surface area is 172 Å². The Kier molecular flexibility index (Phi) is 4.94. The van der Waals surface area contributed by atoms with Crippen LogP contribution < -0.4 is 10.1 Å². The van der Waals surface area contributed by atoms with E-state index in [0.29, 0.717) is 35.2 Å². The highest BCUT2D eigenvalue weighted by atomic mass is 32.2. The summed E-state index contributed by atoms with van der Waals surface area (Å²) in [7, 11) is -0.974. The van der Waals surface area contributed by atoms with Gasteiger partial charge in [-0.3, -0.25) is 9.00 Å². The molecular formula is C22H25N3O3S. The SMILES string of the molecule is CCOc1ccc2ccccc2c1C(=O)Nc1c2c(nn1C(C)(C)C)C[S@@](=O)C2. The fraction of sp³-hybridized carbons (Fsp3) is 0.364. The van der Waals surface area contributed by atoms with E-state index in [1.165, 1.54) is 0 Å². The third-order valence-electron chi connectivity index (χ3n) is 4.95. The van der Waals surface area contributed by atoms with Crippen molar-refractivity contribution in [1.29, 1.82) is 0 Å². The molecule has 1 aromatic heterocycles. The van der Waals surface area contributed by atoms with Gasteiger partial charge < -0.3 is 10.1 Å². The van der Waals surface area contributed by atoms with Crippen molar-refractivity contribution in [2.24, 2.45) is 0 Å². The van der Waals surface area contributed by atoms with Gasteiger partial charge in [0, 0.05) is 16.4 Å². The van der Waals surface area contributed by atoms with Crippen LogP contribution in [0.5, 0.6) is 5.75 Å². The first-order valence-corrected chi connectivity index (χ1v) is 11.2.